The van der Waals surface area contributed by atoms with Gasteiger partial charge < -0.3 is 10.5 Å². The first-order chi connectivity index (χ1) is 4.75. The van der Waals surface area contributed by atoms with Crippen molar-refractivity contribution in [3.8, 4) is 5.88 Å². The van der Waals surface area contributed by atoms with E-state index >= 15 is 0 Å². The molecule has 4 nitrogen and oxygen atoms in total. The summed E-state index contributed by atoms with van der Waals surface area (Å²) in [5, 5.41) is 6.36. The molecule has 0 aliphatic heterocycles. The second kappa shape index (κ2) is 2.92. The predicted octanol–water partition coefficient (Wildman–Crippen LogP) is 1.15. The number of rotatable bonds is 2. The Hall–Kier alpha value is -0.710. The van der Waals surface area contributed by atoms with Crippen LogP contribution in [0, 0.1) is 0 Å². The van der Waals surface area contributed by atoms with Gasteiger partial charge in [-0.05, 0) is 22.9 Å². The summed E-state index contributed by atoms with van der Waals surface area (Å²) in [5.74, 6) is 1.00. The smallest absolute Gasteiger partial charge is 0.249 e. The first-order valence-electron chi connectivity index (χ1n) is 2.87. The van der Waals surface area contributed by atoms with Crippen molar-refractivity contribution in [1.29, 1.82) is 0 Å². The minimum Gasteiger partial charge on any atom is -0.476 e. The molecule has 0 aliphatic carbocycles. The van der Waals surface area contributed by atoms with Crippen LogP contribution in [0.25, 0.3) is 0 Å². The van der Waals surface area contributed by atoms with E-state index in [-0.39, 0.29) is 0 Å². The van der Waals surface area contributed by atoms with Gasteiger partial charge in [0.15, 0.2) is 0 Å². The number of hydrogen-bond donors (Lipinski definition) is 2. The van der Waals surface area contributed by atoms with Crippen molar-refractivity contribution < 1.29 is 4.74 Å². The molecular formula is C5H8BrN3O. The number of halogens is 1. The lowest BCUT2D eigenvalue weighted by Gasteiger charge is -1.95. The number of ether oxygens (including phenoxy) is 1. The van der Waals surface area contributed by atoms with Gasteiger partial charge in [-0.15, -0.1) is 5.10 Å². The quantitative estimate of drug-likeness (QED) is 0.762. The minimum atomic E-state index is 0.489. The molecule has 0 spiro atoms. The largest absolute Gasteiger partial charge is 0.476 e. The molecule has 56 valence electrons. The molecule has 0 radical (unpaired) electrons. The Morgan fingerprint density at radius 3 is 2.90 bits per heavy atom. The van der Waals surface area contributed by atoms with Gasteiger partial charge in [0.2, 0.25) is 5.88 Å². The third-order valence-corrected chi connectivity index (χ3v) is 1.75. The van der Waals surface area contributed by atoms with E-state index in [0.717, 1.165) is 0 Å². The molecule has 0 bridgehead atoms. The van der Waals surface area contributed by atoms with Crippen LogP contribution in [0.5, 0.6) is 5.88 Å². The average molecular weight is 206 g/mol. The molecule has 3 N–H and O–H groups in total. The van der Waals surface area contributed by atoms with Gasteiger partial charge in [0.05, 0.1) is 6.61 Å². The van der Waals surface area contributed by atoms with Crippen LogP contribution in [-0.4, -0.2) is 16.8 Å². The summed E-state index contributed by atoms with van der Waals surface area (Å²) in [6.45, 7) is 2.47. The maximum atomic E-state index is 5.43. The zero-order valence-corrected chi connectivity index (χ0v) is 7.10. The van der Waals surface area contributed by atoms with Gasteiger partial charge in [-0.3, -0.25) is 5.10 Å². The normalized spacial score (nSPS) is 9.80. The Bertz CT molecular complexity index is 223. The fourth-order valence-corrected chi connectivity index (χ4v) is 0.848. The summed E-state index contributed by atoms with van der Waals surface area (Å²) in [6.07, 6.45) is 0. The van der Waals surface area contributed by atoms with Crippen molar-refractivity contribution >= 4 is 21.7 Å². The van der Waals surface area contributed by atoms with E-state index in [9.17, 15) is 0 Å². The first kappa shape index (κ1) is 7.40. The van der Waals surface area contributed by atoms with Crippen molar-refractivity contribution in [2.45, 2.75) is 6.92 Å². The Morgan fingerprint density at radius 2 is 2.50 bits per heavy atom. The van der Waals surface area contributed by atoms with Crippen LogP contribution in [0.2, 0.25) is 0 Å². The highest BCUT2D eigenvalue weighted by atomic mass is 79.9. The number of nitrogens with one attached hydrogen (secondary N) is 1. The molecule has 0 aliphatic rings. The average Bonchev–Trinajstić information content (AvgIpc) is 2.20. The zero-order valence-electron chi connectivity index (χ0n) is 5.52. The Labute approximate surface area is 66.9 Å². The molecule has 0 saturated heterocycles. The Kier molecular flexibility index (Phi) is 2.16. The molecule has 1 heterocycles. The standard InChI is InChI=1S/C5H8BrN3O/c1-2-10-5-3(6)4(7)8-9-5/h2H2,1H3,(H3,7,8,9). The number of aromatic nitrogens is 2. The predicted molar refractivity (Wildman–Crippen MR) is 41.9 cm³/mol. The topological polar surface area (TPSA) is 63.9 Å². The van der Waals surface area contributed by atoms with Gasteiger partial charge in [0, 0.05) is 0 Å². The monoisotopic (exact) mass is 205 g/mol. The van der Waals surface area contributed by atoms with Crippen LogP contribution in [0.15, 0.2) is 4.47 Å². The number of H-pyrrole nitrogens is 1. The molecule has 0 amide bonds. The maximum absolute atomic E-state index is 5.43. The van der Waals surface area contributed by atoms with Gasteiger partial charge in [-0.1, -0.05) is 0 Å². The molecule has 1 aromatic rings. The van der Waals surface area contributed by atoms with Crippen LogP contribution >= 0.6 is 15.9 Å². The van der Waals surface area contributed by atoms with Crippen molar-refractivity contribution in [3.63, 3.8) is 0 Å². The Morgan fingerprint density at radius 1 is 1.80 bits per heavy atom. The molecule has 1 rings (SSSR count). The van der Waals surface area contributed by atoms with Gasteiger partial charge in [0.1, 0.15) is 10.3 Å². The second-order valence-corrected chi connectivity index (χ2v) is 2.48. The van der Waals surface area contributed by atoms with E-state index in [1.807, 2.05) is 6.92 Å². The summed E-state index contributed by atoms with van der Waals surface area (Å²) in [4.78, 5) is 0. The lowest BCUT2D eigenvalue weighted by Crippen LogP contribution is -1.91. The first-order valence-corrected chi connectivity index (χ1v) is 3.67. The van der Waals surface area contributed by atoms with Crippen molar-refractivity contribution in [2.75, 3.05) is 12.3 Å². The summed E-state index contributed by atoms with van der Waals surface area (Å²) in [5.41, 5.74) is 5.43. The summed E-state index contributed by atoms with van der Waals surface area (Å²) in [6, 6.07) is 0. The van der Waals surface area contributed by atoms with E-state index in [1.165, 1.54) is 0 Å². The lowest BCUT2D eigenvalue weighted by atomic mass is 10.6. The van der Waals surface area contributed by atoms with Gasteiger partial charge in [-0.25, -0.2) is 0 Å². The minimum absolute atomic E-state index is 0.489. The molecule has 0 atom stereocenters. The highest BCUT2D eigenvalue weighted by molar-refractivity contribution is 9.10. The number of hydrogen-bond acceptors (Lipinski definition) is 3. The molecule has 5 heteroatoms. The zero-order chi connectivity index (χ0) is 7.56. The molecule has 0 unspecified atom stereocenters. The maximum Gasteiger partial charge on any atom is 0.249 e. The highest BCUT2D eigenvalue weighted by Gasteiger charge is 2.06. The number of anilines is 1. The number of nitrogen functional groups attached to an aromatic ring is 1. The molecule has 10 heavy (non-hydrogen) atoms. The number of nitrogens with zero attached hydrogens (tertiary/aromatic N) is 1. The molecular weight excluding hydrogens is 198 g/mol. The molecule has 0 saturated carbocycles. The van der Waals surface area contributed by atoms with E-state index in [4.69, 9.17) is 10.5 Å². The fraction of sp³-hybridized carbons (Fsp3) is 0.400. The Balaban J connectivity index is 2.83. The van der Waals surface area contributed by atoms with Crippen molar-refractivity contribution in [3.05, 3.63) is 4.47 Å². The van der Waals surface area contributed by atoms with E-state index in [1.54, 1.807) is 0 Å². The fourth-order valence-electron chi connectivity index (χ4n) is 0.557. The van der Waals surface area contributed by atoms with Crippen LogP contribution in [0.3, 0.4) is 0 Å². The SMILES string of the molecule is CCOc1n[nH]c(N)c1Br. The van der Waals surface area contributed by atoms with Gasteiger partial charge in [0.25, 0.3) is 0 Å². The van der Waals surface area contributed by atoms with Gasteiger partial charge >= 0.3 is 0 Å². The molecule has 0 aromatic carbocycles. The molecule has 0 fully saturated rings. The highest BCUT2D eigenvalue weighted by Crippen LogP contribution is 2.26. The number of nitrogens with two attached hydrogens (primary N) is 1. The van der Waals surface area contributed by atoms with Crippen LogP contribution in [0.4, 0.5) is 5.82 Å². The van der Waals surface area contributed by atoms with Crippen molar-refractivity contribution in [2.24, 2.45) is 0 Å². The summed E-state index contributed by atoms with van der Waals surface area (Å²) in [7, 11) is 0. The number of aromatic amines is 1. The summed E-state index contributed by atoms with van der Waals surface area (Å²) < 4.78 is 5.78. The van der Waals surface area contributed by atoms with E-state index < -0.39 is 0 Å². The van der Waals surface area contributed by atoms with Gasteiger partial charge in [-0.2, -0.15) is 0 Å². The third-order valence-electron chi connectivity index (χ3n) is 0.983. The van der Waals surface area contributed by atoms with Crippen LogP contribution in [0.1, 0.15) is 6.92 Å². The molecule has 1 aromatic heterocycles. The van der Waals surface area contributed by atoms with Crippen LogP contribution in [-0.2, 0) is 0 Å². The van der Waals surface area contributed by atoms with Crippen molar-refractivity contribution in [1.82, 2.24) is 10.2 Å². The van der Waals surface area contributed by atoms with Crippen LogP contribution < -0.4 is 10.5 Å². The van der Waals surface area contributed by atoms with E-state index in [2.05, 4.69) is 26.1 Å². The van der Waals surface area contributed by atoms with E-state index in [0.29, 0.717) is 22.8 Å². The lowest BCUT2D eigenvalue weighted by molar-refractivity contribution is 0.324. The summed E-state index contributed by atoms with van der Waals surface area (Å²) >= 11 is 3.21. The third kappa shape index (κ3) is 1.23. The second-order valence-electron chi connectivity index (χ2n) is 1.69.